The van der Waals surface area contributed by atoms with Gasteiger partial charge in [0.05, 0.1) is 29.0 Å². The van der Waals surface area contributed by atoms with Crippen molar-refractivity contribution in [3.05, 3.63) is 87.5 Å². The van der Waals surface area contributed by atoms with Crippen molar-refractivity contribution < 1.29 is 19.0 Å². The molecule has 0 fully saturated rings. The van der Waals surface area contributed by atoms with Crippen LogP contribution in [-0.4, -0.2) is 20.6 Å². The Hall–Kier alpha value is -3.84. The standard InChI is InChI=1S/C26H19FN2O4/c1-2-26(32)19-11-21-23-17(12-29(21)24(30)18(19)13-33-25(26)31)22(14-7-9-15(27)10-8-14)16-5-3-4-6-20(16)28-23/h3-11,32H,2,12-13H2,1H3/t26-/m0/s1. The van der Waals surface area contributed by atoms with E-state index in [2.05, 4.69) is 0 Å². The highest BCUT2D eigenvalue weighted by Crippen LogP contribution is 2.43. The molecule has 0 saturated carbocycles. The fourth-order valence-electron chi connectivity index (χ4n) is 4.97. The van der Waals surface area contributed by atoms with E-state index in [0.717, 1.165) is 27.6 Å². The summed E-state index contributed by atoms with van der Waals surface area (Å²) in [4.78, 5) is 30.7. The minimum absolute atomic E-state index is 0.0839. The molecule has 0 unspecified atom stereocenters. The van der Waals surface area contributed by atoms with Crippen LogP contribution in [0.2, 0.25) is 0 Å². The number of pyridine rings is 2. The van der Waals surface area contributed by atoms with Gasteiger partial charge in [-0.3, -0.25) is 4.79 Å². The van der Waals surface area contributed by atoms with Crippen LogP contribution in [0.3, 0.4) is 0 Å². The maximum absolute atomic E-state index is 13.6. The van der Waals surface area contributed by atoms with Gasteiger partial charge in [0.1, 0.15) is 12.4 Å². The molecule has 2 aliphatic heterocycles. The first-order chi connectivity index (χ1) is 15.9. The Labute approximate surface area is 187 Å². The lowest BCUT2D eigenvalue weighted by atomic mass is 9.86. The molecule has 0 bridgehead atoms. The summed E-state index contributed by atoms with van der Waals surface area (Å²) in [6.45, 7) is 1.78. The van der Waals surface area contributed by atoms with Crippen LogP contribution >= 0.6 is 0 Å². The first-order valence-electron chi connectivity index (χ1n) is 10.8. The molecular formula is C26H19FN2O4. The maximum atomic E-state index is 13.6. The lowest BCUT2D eigenvalue weighted by molar-refractivity contribution is -0.172. The van der Waals surface area contributed by atoms with Crippen molar-refractivity contribution in [1.29, 1.82) is 0 Å². The second-order valence-corrected chi connectivity index (χ2v) is 8.44. The van der Waals surface area contributed by atoms with Gasteiger partial charge in [0.2, 0.25) is 0 Å². The van der Waals surface area contributed by atoms with E-state index in [1.165, 1.54) is 12.1 Å². The molecule has 0 spiro atoms. The van der Waals surface area contributed by atoms with Crippen LogP contribution in [0.5, 0.6) is 0 Å². The van der Waals surface area contributed by atoms with Gasteiger partial charge < -0.3 is 14.4 Å². The van der Waals surface area contributed by atoms with Crippen LogP contribution in [0, 0.1) is 5.82 Å². The minimum Gasteiger partial charge on any atom is -0.458 e. The number of para-hydroxylation sites is 1. The van der Waals surface area contributed by atoms with Crippen LogP contribution in [-0.2, 0) is 28.3 Å². The number of aliphatic hydroxyl groups is 1. The number of carbonyl (C=O) groups excluding carboxylic acids is 1. The molecule has 0 saturated heterocycles. The molecule has 1 N–H and O–H groups in total. The van der Waals surface area contributed by atoms with Crippen molar-refractivity contribution in [3.63, 3.8) is 0 Å². The SMILES string of the molecule is CC[C@@]1(O)C(=O)OCc2c1cc1n(c2=O)Cc2c-1nc1ccccc1c2-c1ccc(F)cc1. The molecule has 0 radical (unpaired) electrons. The summed E-state index contributed by atoms with van der Waals surface area (Å²) in [6.07, 6.45) is 0.0839. The van der Waals surface area contributed by atoms with Crippen molar-refractivity contribution in [3.8, 4) is 22.5 Å². The van der Waals surface area contributed by atoms with Gasteiger partial charge in [0.15, 0.2) is 5.60 Å². The summed E-state index contributed by atoms with van der Waals surface area (Å²) >= 11 is 0. The Morgan fingerprint density at radius 3 is 2.64 bits per heavy atom. The summed E-state index contributed by atoms with van der Waals surface area (Å²) in [5.74, 6) is -1.08. The largest absolute Gasteiger partial charge is 0.458 e. The number of hydrogen-bond acceptors (Lipinski definition) is 5. The van der Waals surface area contributed by atoms with Gasteiger partial charge in [-0.05, 0) is 41.8 Å². The molecule has 2 aromatic heterocycles. The van der Waals surface area contributed by atoms with E-state index >= 15 is 0 Å². The van der Waals surface area contributed by atoms with Gasteiger partial charge in [-0.15, -0.1) is 0 Å². The highest BCUT2D eigenvalue weighted by Gasteiger charge is 2.45. The second-order valence-electron chi connectivity index (χ2n) is 8.44. The van der Waals surface area contributed by atoms with Crippen LogP contribution in [0.1, 0.15) is 30.0 Å². The molecule has 6 rings (SSSR count). The lowest BCUT2D eigenvalue weighted by Gasteiger charge is -2.31. The van der Waals surface area contributed by atoms with E-state index in [0.29, 0.717) is 11.4 Å². The summed E-state index contributed by atoms with van der Waals surface area (Å²) in [5, 5.41) is 12.0. The molecule has 7 heteroatoms. The molecule has 4 aromatic rings. The molecule has 2 aromatic carbocycles. The molecule has 1 atom stereocenters. The van der Waals surface area contributed by atoms with Gasteiger partial charge >= 0.3 is 5.97 Å². The van der Waals surface area contributed by atoms with Gasteiger partial charge in [-0.2, -0.15) is 0 Å². The Kier molecular flexibility index (Phi) is 4.10. The number of hydrogen-bond donors (Lipinski definition) is 1. The summed E-state index contributed by atoms with van der Waals surface area (Å²) in [5.41, 5.74) is 2.82. The number of fused-ring (bicyclic) bond motifs is 5. The zero-order valence-electron chi connectivity index (χ0n) is 17.8. The van der Waals surface area contributed by atoms with Gasteiger partial charge in [-0.25, -0.2) is 14.2 Å². The predicted octanol–water partition coefficient (Wildman–Crippen LogP) is 3.89. The van der Waals surface area contributed by atoms with Gasteiger partial charge in [0, 0.05) is 16.5 Å². The van der Waals surface area contributed by atoms with Crippen LogP contribution in [0.25, 0.3) is 33.4 Å². The highest BCUT2D eigenvalue weighted by molar-refractivity contribution is 5.99. The van der Waals surface area contributed by atoms with Crippen molar-refractivity contribution in [2.75, 3.05) is 0 Å². The van der Waals surface area contributed by atoms with Crippen molar-refractivity contribution in [2.45, 2.75) is 32.1 Å². The number of halogens is 1. The van der Waals surface area contributed by atoms with Crippen molar-refractivity contribution >= 4 is 16.9 Å². The zero-order chi connectivity index (χ0) is 22.9. The topological polar surface area (TPSA) is 81.4 Å². The first-order valence-corrected chi connectivity index (χ1v) is 10.8. The third-order valence-electron chi connectivity index (χ3n) is 6.73. The molecule has 33 heavy (non-hydrogen) atoms. The first kappa shape index (κ1) is 19.8. The highest BCUT2D eigenvalue weighted by atomic mass is 19.1. The zero-order valence-corrected chi connectivity index (χ0v) is 17.8. The monoisotopic (exact) mass is 442 g/mol. The van der Waals surface area contributed by atoms with Gasteiger partial charge in [-0.1, -0.05) is 37.3 Å². The number of cyclic esters (lactones) is 1. The van der Waals surface area contributed by atoms with E-state index in [9.17, 15) is 19.1 Å². The fraction of sp³-hybridized carbons (Fsp3) is 0.192. The average molecular weight is 442 g/mol. The van der Waals surface area contributed by atoms with Gasteiger partial charge in [0.25, 0.3) is 5.56 Å². The number of aromatic nitrogens is 2. The Bertz CT molecular complexity index is 1540. The summed E-state index contributed by atoms with van der Waals surface area (Å²) in [7, 11) is 0. The third-order valence-corrected chi connectivity index (χ3v) is 6.73. The molecule has 164 valence electrons. The van der Waals surface area contributed by atoms with E-state index in [4.69, 9.17) is 9.72 Å². The van der Waals surface area contributed by atoms with Crippen molar-refractivity contribution in [1.82, 2.24) is 9.55 Å². The van der Waals surface area contributed by atoms with E-state index < -0.39 is 11.6 Å². The average Bonchev–Trinajstić information content (AvgIpc) is 3.19. The number of ether oxygens (including phenoxy) is 1. The smallest absolute Gasteiger partial charge is 0.343 e. The minimum atomic E-state index is -1.87. The number of carbonyl (C=O) groups is 1. The van der Waals surface area contributed by atoms with E-state index in [1.54, 1.807) is 29.7 Å². The summed E-state index contributed by atoms with van der Waals surface area (Å²) < 4.78 is 20.4. The Morgan fingerprint density at radius 1 is 1.12 bits per heavy atom. The second kappa shape index (κ2) is 6.83. The van der Waals surface area contributed by atoms with Crippen LogP contribution < -0.4 is 5.56 Å². The lowest BCUT2D eigenvalue weighted by Crippen LogP contribution is -2.44. The van der Waals surface area contributed by atoms with E-state index in [-0.39, 0.29) is 42.1 Å². The molecular weight excluding hydrogens is 423 g/mol. The molecule has 0 amide bonds. The number of nitrogens with zero attached hydrogens (tertiary/aromatic N) is 2. The van der Waals surface area contributed by atoms with Crippen LogP contribution in [0.15, 0.2) is 59.4 Å². The number of benzene rings is 2. The molecule has 4 heterocycles. The molecule has 6 nitrogen and oxygen atoms in total. The third kappa shape index (κ3) is 2.66. The Balaban J connectivity index is 1.68. The van der Waals surface area contributed by atoms with Crippen LogP contribution in [0.4, 0.5) is 4.39 Å². The fourth-order valence-corrected chi connectivity index (χ4v) is 4.97. The predicted molar refractivity (Wildman–Crippen MR) is 120 cm³/mol. The van der Waals surface area contributed by atoms with E-state index in [1.807, 2.05) is 24.3 Å². The molecule has 2 aliphatic rings. The Morgan fingerprint density at radius 2 is 1.88 bits per heavy atom. The summed E-state index contributed by atoms with van der Waals surface area (Å²) in [6, 6.07) is 15.6. The number of esters is 1. The molecule has 0 aliphatic carbocycles. The number of rotatable bonds is 2. The quantitative estimate of drug-likeness (QED) is 0.420. The maximum Gasteiger partial charge on any atom is 0.343 e. The van der Waals surface area contributed by atoms with Crippen molar-refractivity contribution in [2.24, 2.45) is 0 Å². The normalized spacial score (nSPS) is 18.6.